The van der Waals surface area contributed by atoms with E-state index in [0.717, 1.165) is 18.8 Å². The van der Waals surface area contributed by atoms with Crippen LogP contribution in [0.25, 0.3) is 0 Å². The van der Waals surface area contributed by atoms with Gasteiger partial charge in [-0.25, -0.2) is 0 Å². The molecule has 0 saturated heterocycles. The van der Waals surface area contributed by atoms with Gasteiger partial charge in [0.2, 0.25) is 0 Å². The van der Waals surface area contributed by atoms with Crippen molar-refractivity contribution in [2.75, 3.05) is 0 Å². The predicted molar refractivity (Wildman–Crippen MR) is 85.0 cm³/mol. The van der Waals surface area contributed by atoms with Gasteiger partial charge in [0, 0.05) is 0 Å². The summed E-state index contributed by atoms with van der Waals surface area (Å²) in [7, 11) is 0. The van der Waals surface area contributed by atoms with Crippen LogP contribution in [-0.2, 0) is 12.8 Å². The minimum Gasteiger partial charge on any atom is -0.118 e. The molecule has 0 amide bonds. The van der Waals surface area contributed by atoms with Crippen molar-refractivity contribution in [3.8, 4) is 0 Å². The summed E-state index contributed by atoms with van der Waals surface area (Å²) in [5.41, 5.74) is 4.25. The maximum Gasteiger partial charge on any atom is 0.0590 e. The van der Waals surface area contributed by atoms with E-state index in [2.05, 4.69) is 32.0 Å². The molecule has 1 atom stereocenters. The minimum absolute atomic E-state index is 0.213. The third-order valence-corrected chi connectivity index (χ3v) is 5.02. The third kappa shape index (κ3) is 3.99. The van der Waals surface area contributed by atoms with Crippen LogP contribution in [0.15, 0.2) is 18.2 Å². The summed E-state index contributed by atoms with van der Waals surface area (Å²) in [5.74, 6) is 0.853. The molecule has 1 aliphatic carbocycles. The molecular formula is C18H27Cl. The summed E-state index contributed by atoms with van der Waals surface area (Å²) in [4.78, 5) is 0. The van der Waals surface area contributed by atoms with Crippen LogP contribution in [0.5, 0.6) is 0 Å². The molecule has 0 radical (unpaired) electrons. The van der Waals surface area contributed by atoms with Gasteiger partial charge < -0.3 is 0 Å². The second-order valence-corrected chi connectivity index (χ2v) is 6.47. The fourth-order valence-electron chi connectivity index (χ4n) is 3.32. The van der Waals surface area contributed by atoms with Crippen molar-refractivity contribution in [2.24, 2.45) is 5.92 Å². The van der Waals surface area contributed by atoms with E-state index < -0.39 is 0 Å². The molecule has 0 aliphatic heterocycles. The van der Waals surface area contributed by atoms with Gasteiger partial charge in [-0.15, -0.1) is 11.6 Å². The summed E-state index contributed by atoms with van der Waals surface area (Å²) in [6, 6.07) is 6.89. The molecule has 0 nitrogen and oxygen atoms in total. The van der Waals surface area contributed by atoms with Crippen LogP contribution in [0.3, 0.4) is 0 Å². The van der Waals surface area contributed by atoms with Crippen molar-refractivity contribution >= 4 is 11.6 Å². The molecule has 0 heterocycles. The van der Waals surface area contributed by atoms with Gasteiger partial charge in [-0.3, -0.25) is 0 Å². The second-order valence-electron chi connectivity index (χ2n) is 5.95. The van der Waals surface area contributed by atoms with Gasteiger partial charge >= 0.3 is 0 Å². The molecule has 0 spiro atoms. The van der Waals surface area contributed by atoms with Crippen LogP contribution in [0.2, 0.25) is 0 Å². The number of hydrogen-bond donors (Lipinski definition) is 0. The Balaban J connectivity index is 2.09. The number of benzene rings is 1. The Hall–Kier alpha value is -0.490. The number of alkyl halides is 1. The second kappa shape index (κ2) is 7.33. The lowest BCUT2D eigenvalue weighted by Gasteiger charge is -2.25. The van der Waals surface area contributed by atoms with Gasteiger partial charge in [0.25, 0.3) is 0 Å². The maximum absolute atomic E-state index is 6.75. The molecular weight excluding hydrogens is 252 g/mol. The van der Waals surface area contributed by atoms with Crippen molar-refractivity contribution in [1.82, 2.24) is 0 Å². The highest BCUT2D eigenvalue weighted by Crippen LogP contribution is 2.36. The normalized spacial score (nSPS) is 18.5. The quantitative estimate of drug-likeness (QED) is 0.574. The highest BCUT2D eigenvalue weighted by atomic mass is 35.5. The van der Waals surface area contributed by atoms with Crippen LogP contribution in [0.1, 0.15) is 74.4 Å². The van der Waals surface area contributed by atoms with Crippen LogP contribution >= 0.6 is 11.6 Å². The molecule has 1 saturated carbocycles. The lowest BCUT2D eigenvalue weighted by molar-refractivity contribution is 0.336. The van der Waals surface area contributed by atoms with Crippen molar-refractivity contribution < 1.29 is 0 Å². The minimum atomic E-state index is 0.213. The number of hydrogen-bond acceptors (Lipinski definition) is 0. The first-order chi connectivity index (χ1) is 9.24. The lowest BCUT2D eigenvalue weighted by Crippen LogP contribution is -2.10. The molecule has 1 heteroatoms. The zero-order chi connectivity index (χ0) is 13.7. The zero-order valence-electron chi connectivity index (χ0n) is 12.4. The number of halogens is 1. The van der Waals surface area contributed by atoms with Gasteiger partial charge in [0.15, 0.2) is 0 Å². The van der Waals surface area contributed by atoms with Crippen LogP contribution < -0.4 is 0 Å². The van der Waals surface area contributed by atoms with Gasteiger partial charge in [0.05, 0.1) is 5.38 Å². The summed E-state index contributed by atoms with van der Waals surface area (Å²) in [5, 5.41) is 0.213. The molecule has 0 bridgehead atoms. The molecule has 2 rings (SSSR count). The number of aryl methyl sites for hydroxylation is 2. The van der Waals surface area contributed by atoms with Gasteiger partial charge in [-0.2, -0.15) is 0 Å². The van der Waals surface area contributed by atoms with E-state index >= 15 is 0 Å². The highest BCUT2D eigenvalue weighted by Gasteiger charge is 2.20. The molecule has 0 N–H and O–H groups in total. The SMILES string of the molecule is CCc1ccc(CC)c(C(Cl)CC2CCCCC2)c1. The molecule has 19 heavy (non-hydrogen) atoms. The Bertz CT molecular complexity index is 391. The Morgan fingerprint density at radius 3 is 2.47 bits per heavy atom. The van der Waals surface area contributed by atoms with E-state index in [0.29, 0.717) is 0 Å². The molecule has 106 valence electrons. The summed E-state index contributed by atoms with van der Waals surface area (Å²) < 4.78 is 0. The molecule has 0 aromatic heterocycles. The van der Waals surface area contributed by atoms with Crippen molar-refractivity contribution in [1.29, 1.82) is 0 Å². The zero-order valence-corrected chi connectivity index (χ0v) is 13.2. The van der Waals surface area contributed by atoms with Crippen molar-refractivity contribution in [3.63, 3.8) is 0 Å². The topological polar surface area (TPSA) is 0 Å². The van der Waals surface area contributed by atoms with Crippen molar-refractivity contribution in [3.05, 3.63) is 34.9 Å². The first kappa shape index (κ1) is 14.9. The largest absolute Gasteiger partial charge is 0.118 e. The molecule has 1 fully saturated rings. The van der Waals surface area contributed by atoms with E-state index in [-0.39, 0.29) is 5.38 Å². The fraction of sp³-hybridized carbons (Fsp3) is 0.667. The predicted octanol–water partition coefficient (Wildman–Crippen LogP) is 6.06. The Morgan fingerprint density at radius 1 is 1.11 bits per heavy atom. The summed E-state index contributed by atoms with van der Waals surface area (Å²) in [6.07, 6.45) is 10.4. The van der Waals surface area contributed by atoms with E-state index in [9.17, 15) is 0 Å². The first-order valence-electron chi connectivity index (χ1n) is 8.00. The third-order valence-electron chi connectivity index (χ3n) is 4.60. The van der Waals surface area contributed by atoms with Gasteiger partial charge in [-0.1, -0.05) is 64.2 Å². The van der Waals surface area contributed by atoms with Gasteiger partial charge in [-0.05, 0) is 41.9 Å². The van der Waals surface area contributed by atoms with E-state index in [1.54, 1.807) is 0 Å². The van der Waals surface area contributed by atoms with E-state index in [1.807, 2.05) is 0 Å². The van der Waals surface area contributed by atoms with Crippen molar-refractivity contribution in [2.45, 2.75) is 70.6 Å². The van der Waals surface area contributed by atoms with Crippen LogP contribution in [0, 0.1) is 5.92 Å². The monoisotopic (exact) mass is 278 g/mol. The Morgan fingerprint density at radius 2 is 1.84 bits per heavy atom. The van der Waals surface area contributed by atoms with E-state index in [4.69, 9.17) is 11.6 Å². The standard InChI is InChI=1S/C18H27Cl/c1-3-14-10-11-16(4-2)17(12-14)18(19)13-15-8-6-5-7-9-15/h10-12,15,18H,3-9,13H2,1-2H3. The van der Waals surface area contributed by atoms with Crippen LogP contribution in [0.4, 0.5) is 0 Å². The fourth-order valence-corrected chi connectivity index (χ4v) is 3.78. The maximum atomic E-state index is 6.75. The molecule has 1 aromatic rings. The molecule has 1 unspecified atom stereocenters. The molecule has 1 aliphatic rings. The Kier molecular flexibility index (Phi) is 5.76. The van der Waals surface area contributed by atoms with E-state index in [1.165, 1.54) is 55.2 Å². The molecule has 1 aromatic carbocycles. The average molecular weight is 279 g/mol. The summed E-state index contributed by atoms with van der Waals surface area (Å²) >= 11 is 6.75. The van der Waals surface area contributed by atoms with Gasteiger partial charge in [0.1, 0.15) is 0 Å². The smallest absolute Gasteiger partial charge is 0.0590 e. The lowest BCUT2D eigenvalue weighted by atomic mass is 9.84. The average Bonchev–Trinajstić information content (AvgIpc) is 2.47. The first-order valence-corrected chi connectivity index (χ1v) is 8.44. The highest BCUT2D eigenvalue weighted by molar-refractivity contribution is 6.20. The Labute approximate surface area is 123 Å². The van der Waals surface area contributed by atoms with Crippen LogP contribution in [-0.4, -0.2) is 0 Å². The number of rotatable bonds is 5. The summed E-state index contributed by atoms with van der Waals surface area (Å²) in [6.45, 7) is 4.45.